The fourth-order valence-electron chi connectivity index (χ4n) is 4.99. The van der Waals surface area contributed by atoms with Crippen LogP contribution in [-0.2, 0) is 0 Å². The van der Waals surface area contributed by atoms with Crippen LogP contribution in [0.25, 0.3) is 61.7 Å². The van der Waals surface area contributed by atoms with Crippen molar-refractivity contribution in [1.29, 1.82) is 0 Å². The molecule has 5 aromatic carbocycles. The number of benzene rings is 5. The van der Waals surface area contributed by atoms with Crippen molar-refractivity contribution in [3.05, 3.63) is 132 Å². The molecule has 5 heteroatoms. The topological polar surface area (TPSA) is 43.6 Å². The fraction of sp³-hybridized carbons (Fsp3) is 0. The van der Waals surface area contributed by atoms with Crippen LogP contribution in [0.1, 0.15) is 0 Å². The molecule has 0 saturated carbocycles. The van der Waals surface area contributed by atoms with E-state index >= 15 is 0 Å². The lowest BCUT2D eigenvalue weighted by molar-refractivity contribution is 1.06. The first kappa shape index (κ1) is 22.6. The van der Waals surface area contributed by atoms with Crippen molar-refractivity contribution in [3.8, 4) is 39.9 Å². The van der Waals surface area contributed by atoms with Gasteiger partial charge in [0.15, 0.2) is 17.5 Å². The molecule has 0 unspecified atom stereocenters. The Labute approximate surface area is 228 Å². The lowest BCUT2D eigenvalue weighted by Gasteiger charge is -2.15. The molecular formula is C33H21BrN4. The molecule has 4 nitrogen and oxygen atoms in total. The predicted octanol–water partition coefficient (Wildman–Crippen LogP) is 8.73. The van der Waals surface area contributed by atoms with E-state index in [-0.39, 0.29) is 0 Å². The average Bonchev–Trinajstić information content (AvgIpc) is 3.32. The predicted molar refractivity (Wildman–Crippen MR) is 158 cm³/mol. The van der Waals surface area contributed by atoms with Gasteiger partial charge in [-0.15, -0.1) is 0 Å². The molecule has 0 fully saturated rings. The highest BCUT2D eigenvalue weighted by atomic mass is 79.9. The Hall–Kier alpha value is -4.61. The summed E-state index contributed by atoms with van der Waals surface area (Å²) in [6.45, 7) is 0. The van der Waals surface area contributed by atoms with E-state index < -0.39 is 0 Å². The van der Waals surface area contributed by atoms with Gasteiger partial charge < -0.3 is 4.57 Å². The van der Waals surface area contributed by atoms with Gasteiger partial charge in [0.2, 0.25) is 0 Å². The van der Waals surface area contributed by atoms with Gasteiger partial charge in [0, 0.05) is 31.9 Å². The molecule has 0 radical (unpaired) electrons. The minimum absolute atomic E-state index is 0.627. The maximum atomic E-state index is 5.01. The highest BCUT2D eigenvalue weighted by molar-refractivity contribution is 9.10. The molecule has 0 N–H and O–H groups in total. The van der Waals surface area contributed by atoms with Crippen LogP contribution in [0.3, 0.4) is 0 Å². The highest BCUT2D eigenvalue weighted by Crippen LogP contribution is 2.37. The first-order valence-corrected chi connectivity index (χ1v) is 13.2. The van der Waals surface area contributed by atoms with Crippen molar-refractivity contribution in [2.24, 2.45) is 0 Å². The summed E-state index contributed by atoms with van der Waals surface area (Å²) in [5.74, 6) is 1.91. The van der Waals surface area contributed by atoms with Gasteiger partial charge in [-0.2, -0.15) is 0 Å². The van der Waals surface area contributed by atoms with Crippen LogP contribution in [0.5, 0.6) is 0 Å². The fourth-order valence-corrected chi connectivity index (χ4v) is 5.34. The van der Waals surface area contributed by atoms with E-state index in [1.165, 1.54) is 10.8 Å². The summed E-state index contributed by atoms with van der Waals surface area (Å²) in [5, 5.41) is 2.42. The maximum absolute atomic E-state index is 5.01. The number of halogens is 1. The number of hydrogen-bond acceptors (Lipinski definition) is 3. The molecule has 0 atom stereocenters. The molecule has 0 aliphatic carbocycles. The molecule has 38 heavy (non-hydrogen) atoms. The standard InChI is InChI=1S/C33H21BrN4/c34-24-19-20-27(30(21-24)38-28-17-9-7-15-25(28)26-16-8-10-18-29(26)38)33-36-31(22-11-3-1-4-12-22)35-32(37-33)23-13-5-2-6-14-23/h1-21H. The number of rotatable bonds is 4. The highest BCUT2D eigenvalue weighted by Gasteiger charge is 2.19. The quantitative estimate of drug-likeness (QED) is 0.219. The second-order valence-electron chi connectivity index (χ2n) is 9.07. The van der Waals surface area contributed by atoms with E-state index in [1.807, 2.05) is 66.7 Å². The zero-order valence-electron chi connectivity index (χ0n) is 20.3. The number of para-hydroxylation sites is 2. The molecule has 0 spiro atoms. The summed E-state index contributed by atoms with van der Waals surface area (Å²) < 4.78 is 3.29. The summed E-state index contributed by atoms with van der Waals surface area (Å²) in [4.78, 5) is 14.9. The third-order valence-corrected chi connectivity index (χ3v) is 7.21. The zero-order valence-corrected chi connectivity index (χ0v) is 21.9. The van der Waals surface area contributed by atoms with Crippen molar-refractivity contribution < 1.29 is 0 Å². The van der Waals surface area contributed by atoms with Crippen molar-refractivity contribution >= 4 is 37.7 Å². The monoisotopic (exact) mass is 552 g/mol. The van der Waals surface area contributed by atoms with Crippen molar-refractivity contribution in [2.45, 2.75) is 0 Å². The number of fused-ring (bicyclic) bond motifs is 3. The van der Waals surface area contributed by atoms with Gasteiger partial charge in [0.25, 0.3) is 0 Å². The Kier molecular flexibility index (Phi) is 5.56. The molecule has 0 aliphatic heterocycles. The van der Waals surface area contributed by atoms with Gasteiger partial charge in [-0.1, -0.05) is 113 Å². The zero-order chi connectivity index (χ0) is 25.5. The third kappa shape index (κ3) is 3.88. The van der Waals surface area contributed by atoms with Gasteiger partial charge in [-0.25, -0.2) is 15.0 Å². The van der Waals surface area contributed by atoms with Crippen molar-refractivity contribution in [1.82, 2.24) is 19.5 Å². The summed E-state index contributed by atoms with van der Waals surface area (Å²) in [7, 11) is 0. The third-order valence-electron chi connectivity index (χ3n) is 6.72. The molecule has 2 heterocycles. The van der Waals surface area contributed by atoms with Gasteiger partial charge in [0.1, 0.15) is 0 Å². The Morgan fingerprint density at radius 3 is 1.50 bits per heavy atom. The van der Waals surface area contributed by atoms with E-state index in [2.05, 4.69) is 81.2 Å². The van der Waals surface area contributed by atoms with E-state index in [4.69, 9.17) is 15.0 Å². The SMILES string of the molecule is Brc1ccc(-c2nc(-c3ccccc3)nc(-c3ccccc3)n2)c(-n2c3ccccc3c3ccccc32)c1. The molecule has 180 valence electrons. The molecule has 2 aromatic heterocycles. The Balaban J connectivity index is 1.54. The van der Waals surface area contributed by atoms with E-state index in [9.17, 15) is 0 Å². The van der Waals surface area contributed by atoms with Gasteiger partial charge in [-0.05, 0) is 30.3 Å². The molecule has 7 rings (SSSR count). The first-order chi connectivity index (χ1) is 18.8. The van der Waals surface area contributed by atoms with E-state index in [0.717, 1.165) is 37.9 Å². The molecule has 0 aliphatic rings. The van der Waals surface area contributed by atoms with Crippen LogP contribution >= 0.6 is 15.9 Å². The lowest BCUT2D eigenvalue weighted by Crippen LogP contribution is -2.03. The number of aromatic nitrogens is 4. The van der Waals surface area contributed by atoms with Gasteiger partial charge >= 0.3 is 0 Å². The number of nitrogens with zero attached hydrogens (tertiary/aromatic N) is 4. The van der Waals surface area contributed by atoms with E-state index in [1.54, 1.807) is 0 Å². The van der Waals surface area contributed by atoms with E-state index in [0.29, 0.717) is 17.5 Å². The second-order valence-corrected chi connectivity index (χ2v) is 9.99. The second kappa shape index (κ2) is 9.36. The average molecular weight is 553 g/mol. The molecular weight excluding hydrogens is 532 g/mol. The summed E-state index contributed by atoms with van der Waals surface area (Å²) in [5.41, 5.74) is 6.09. The molecule has 7 aromatic rings. The minimum atomic E-state index is 0.627. The summed E-state index contributed by atoms with van der Waals surface area (Å²) in [6, 6.07) is 43.4. The normalized spacial score (nSPS) is 11.3. The molecule has 0 bridgehead atoms. The van der Waals surface area contributed by atoms with Gasteiger partial charge in [0.05, 0.1) is 16.7 Å². The molecule has 0 amide bonds. The van der Waals surface area contributed by atoms with Gasteiger partial charge in [-0.3, -0.25) is 0 Å². The summed E-state index contributed by atoms with van der Waals surface area (Å²) >= 11 is 3.72. The molecule has 0 saturated heterocycles. The van der Waals surface area contributed by atoms with Crippen molar-refractivity contribution in [2.75, 3.05) is 0 Å². The Morgan fingerprint density at radius 2 is 0.947 bits per heavy atom. The maximum Gasteiger partial charge on any atom is 0.166 e. The summed E-state index contributed by atoms with van der Waals surface area (Å²) in [6.07, 6.45) is 0. The minimum Gasteiger partial charge on any atom is -0.308 e. The number of hydrogen-bond donors (Lipinski definition) is 0. The van der Waals surface area contributed by atoms with Crippen molar-refractivity contribution in [3.63, 3.8) is 0 Å². The Morgan fingerprint density at radius 1 is 0.474 bits per heavy atom. The van der Waals surface area contributed by atoms with Crippen LogP contribution < -0.4 is 0 Å². The van der Waals surface area contributed by atoms with Crippen LogP contribution in [0, 0.1) is 0 Å². The largest absolute Gasteiger partial charge is 0.308 e. The first-order valence-electron chi connectivity index (χ1n) is 12.4. The van der Waals surface area contributed by atoms with Crippen LogP contribution in [0.4, 0.5) is 0 Å². The lowest BCUT2D eigenvalue weighted by atomic mass is 10.1. The smallest absolute Gasteiger partial charge is 0.166 e. The Bertz CT molecular complexity index is 1820. The van der Waals surface area contributed by atoms with Crippen LogP contribution in [0.2, 0.25) is 0 Å². The van der Waals surface area contributed by atoms with Crippen LogP contribution in [0.15, 0.2) is 132 Å². The van der Waals surface area contributed by atoms with Crippen LogP contribution in [-0.4, -0.2) is 19.5 Å².